The highest BCUT2D eigenvalue weighted by Gasteiger charge is 2.23. The number of nitrogens with one attached hydrogen (secondary N) is 1. The molecule has 0 saturated carbocycles. The van der Waals surface area contributed by atoms with Gasteiger partial charge in [-0.05, 0) is 41.5 Å². The molecule has 0 radical (unpaired) electrons. The number of hydrogen-bond donors (Lipinski definition) is 1. The number of carbonyl (C=O) groups is 1. The molecule has 1 atom stereocenters. The van der Waals surface area contributed by atoms with Gasteiger partial charge < -0.3 is 5.32 Å². The summed E-state index contributed by atoms with van der Waals surface area (Å²) in [6, 6.07) is 16.7. The number of halogens is 1. The van der Waals surface area contributed by atoms with Gasteiger partial charge in [-0.1, -0.05) is 41.9 Å². The number of sulfonamides is 1. The fourth-order valence-corrected chi connectivity index (χ4v) is 3.95. The Morgan fingerprint density at radius 3 is 2.24 bits per heavy atom. The monoisotopic (exact) mass is 429 g/mol. The van der Waals surface area contributed by atoms with Crippen LogP contribution < -0.4 is 5.32 Å². The van der Waals surface area contributed by atoms with E-state index in [2.05, 4.69) is 10.3 Å². The number of hydrogen-bond acceptors (Lipinski definition) is 4. The zero-order chi connectivity index (χ0) is 21.0. The molecule has 3 aromatic rings. The minimum absolute atomic E-state index is 0.00257. The van der Waals surface area contributed by atoms with Crippen LogP contribution in [-0.4, -0.2) is 37.7 Å². The van der Waals surface area contributed by atoms with Crippen molar-refractivity contribution in [1.29, 1.82) is 0 Å². The smallest absolute Gasteiger partial charge is 0.253 e. The summed E-state index contributed by atoms with van der Waals surface area (Å²) >= 11 is 6.22. The first-order valence-corrected chi connectivity index (χ1v) is 10.6. The van der Waals surface area contributed by atoms with E-state index in [0.717, 1.165) is 15.4 Å². The van der Waals surface area contributed by atoms with E-state index >= 15 is 0 Å². The highest BCUT2D eigenvalue weighted by Crippen LogP contribution is 2.25. The van der Waals surface area contributed by atoms with Crippen molar-refractivity contribution in [2.75, 3.05) is 14.1 Å². The van der Waals surface area contributed by atoms with Crippen molar-refractivity contribution < 1.29 is 13.2 Å². The van der Waals surface area contributed by atoms with Gasteiger partial charge in [0.25, 0.3) is 5.91 Å². The molecule has 0 saturated heterocycles. The molecule has 1 amide bonds. The minimum Gasteiger partial charge on any atom is -0.341 e. The lowest BCUT2D eigenvalue weighted by Crippen LogP contribution is -2.30. The zero-order valence-electron chi connectivity index (χ0n) is 15.9. The molecule has 29 heavy (non-hydrogen) atoms. The lowest BCUT2D eigenvalue weighted by Gasteiger charge is -2.20. The molecule has 0 spiro atoms. The molecule has 1 aromatic heterocycles. The predicted octanol–water partition coefficient (Wildman–Crippen LogP) is 3.50. The van der Waals surface area contributed by atoms with Crippen molar-refractivity contribution >= 4 is 27.5 Å². The Hall–Kier alpha value is -2.74. The second-order valence-electron chi connectivity index (χ2n) is 6.53. The number of pyridine rings is 1. The third-order valence-electron chi connectivity index (χ3n) is 4.41. The van der Waals surface area contributed by atoms with E-state index in [1.807, 2.05) is 42.5 Å². The molecular weight excluding hydrogens is 410 g/mol. The van der Waals surface area contributed by atoms with Crippen LogP contribution in [-0.2, 0) is 10.0 Å². The second kappa shape index (κ2) is 8.73. The van der Waals surface area contributed by atoms with Crippen molar-refractivity contribution in [1.82, 2.24) is 14.6 Å². The molecule has 0 aliphatic rings. The lowest BCUT2D eigenvalue weighted by atomic mass is 9.99. The third kappa shape index (κ3) is 4.64. The second-order valence-corrected chi connectivity index (χ2v) is 9.09. The van der Waals surface area contributed by atoms with E-state index in [1.165, 1.54) is 32.3 Å². The normalized spacial score (nSPS) is 12.6. The number of amides is 1. The van der Waals surface area contributed by atoms with Gasteiger partial charge in [-0.25, -0.2) is 12.7 Å². The fourth-order valence-electron chi connectivity index (χ4n) is 2.82. The van der Waals surface area contributed by atoms with Gasteiger partial charge in [0, 0.05) is 26.5 Å². The summed E-state index contributed by atoms with van der Waals surface area (Å²) in [4.78, 5) is 17.1. The Morgan fingerprint density at radius 1 is 1.00 bits per heavy atom. The number of carbonyl (C=O) groups excluding carboxylic acids is 1. The van der Waals surface area contributed by atoms with Crippen LogP contribution in [0.2, 0.25) is 5.02 Å². The van der Waals surface area contributed by atoms with E-state index in [1.54, 1.807) is 12.4 Å². The quantitative estimate of drug-likeness (QED) is 0.650. The summed E-state index contributed by atoms with van der Waals surface area (Å²) in [5.74, 6) is -0.475. The van der Waals surface area contributed by atoms with Gasteiger partial charge in [0.1, 0.15) is 0 Å². The first-order valence-electron chi connectivity index (χ1n) is 8.78. The Labute approximate surface area is 175 Å². The van der Waals surface area contributed by atoms with Gasteiger partial charge in [-0.3, -0.25) is 9.78 Å². The van der Waals surface area contributed by atoms with Gasteiger partial charge in [0.05, 0.1) is 21.5 Å². The Kier molecular flexibility index (Phi) is 6.32. The molecule has 0 bridgehead atoms. The van der Waals surface area contributed by atoms with Crippen LogP contribution in [0, 0.1) is 0 Å². The summed E-state index contributed by atoms with van der Waals surface area (Å²) in [7, 11) is -0.838. The average Bonchev–Trinajstić information content (AvgIpc) is 2.73. The van der Waals surface area contributed by atoms with Crippen LogP contribution in [0.15, 0.2) is 78.0 Å². The molecule has 0 fully saturated rings. The molecule has 3 rings (SSSR count). The molecule has 0 unspecified atom stereocenters. The topological polar surface area (TPSA) is 79.4 Å². The predicted molar refractivity (Wildman–Crippen MR) is 112 cm³/mol. The van der Waals surface area contributed by atoms with E-state index in [-0.39, 0.29) is 15.5 Å². The molecule has 150 valence electrons. The third-order valence-corrected chi connectivity index (χ3v) is 6.55. The van der Waals surface area contributed by atoms with Crippen molar-refractivity contribution in [3.63, 3.8) is 0 Å². The van der Waals surface area contributed by atoms with Crippen LogP contribution in [0.3, 0.4) is 0 Å². The molecule has 1 heterocycles. The van der Waals surface area contributed by atoms with Crippen LogP contribution >= 0.6 is 11.6 Å². The SMILES string of the molecule is CN(C)S(=O)(=O)c1ccc(Cl)c(C(=O)N[C@H](c2ccccc2)c2ccncc2)c1. The molecule has 0 aliphatic heterocycles. The first-order chi connectivity index (χ1) is 13.8. The van der Waals surface area contributed by atoms with Gasteiger partial charge in [0.2, 0.25) is 10.0 Å². The van der Waals surface area contributed by atoms with Gasteiger partial charge in [-0.15, -0.1) is 0 Å². The van der Waals surface area contributed by atoms with E-state index in [0.29, 0.717) is 0 Å². The lowest BCUT2D eigenvalue weighted by molar-refractivity contribution is 0.0943. The molecule has 6 nitrogen and oxygen atoms in total. The number of benzene rings is 2. The van der Waals surface area contributed by atoms with Crippen molar-refractivity contribution in [2.24, 2.45) is 0 Å². The summed E-state index contributed by atoms with van der Waals surface area (Å²) in [6.07, 6.45) is 3.30. The first kappa shape index (κ1) is 21.0. The van der Waals surface area contributed by atoms with Crippen LogP contribution in [0.25, 0.3) is 0 Å². The van der Waals surface area contributed by atoms with E-state index in [4.69, 9.17) is 11.6 Å². The Bertz CT molecular complexity index is 1070. The summed E-state index contributed by atoms with van der Waals surface area (Å²) < 4.78 is 25.9. The molecule has 8 heteroatoms. The molecule has 1 N–H and O–H groups in total. The number of rotatable bonds is 6. The molecular formula is C21H20ClN3O3S. The number of aromatic nitrogens is 1. The maximum atomic E-state index is 13.1. The molecule has 0 aliphatic carbocycles. The standard InChI is InChI=1S/C21H20ClN3O3S/c1-25(2)29(27,28)17-8-9-19(22)18(14-17)21(26)24-20(15-6-4-3-5-7-15)16-10-12-23-13-11-16/h3-14,20H,1-2H3,(H,24,26)/t20-/m1/s1. The van der Waals surface area contributed by atoms with Gasteiger partial charge in [-0.2, -0.15) is 0 Å². The van der Waals surface area contributed by atoms with E-state index < -0.39 is 22.0 Å². The van der Waals surface area contributed by atoms with Crippen molar-refractivity contribution in [3.8, 4) is 0 Å². The van der Waals surface area contributed by atoms with E-state index in [9.17, 15) is 13.2 Å². The largest absolute Gasteiger partial charge is 0.341 e. The Balaban J connectivity index is 1.99. The zero-order valence-corrected chi connectivity index (χ0v) is 17.5. The molecule has 2 aromatic carbocycles. The Morgan fingerprint density at radius 2 is 1.62 bits per heavy atom. The van der Waals surface area contributed by atoms with Crippen molar-refractivity contribution in [3.05, 3.63) is 94.8 Å². The van der Waals surface area contributed by atoms with Crippen LogP contribution in [0.1, 0.15) is 27.5 Å². The summed E-state index contributed by atoms with van der Waals surface area (Å²) in [6.45, 7) is 0. The van der Waals surface area contributed by atoms with Crippen LogP contribution in [0.5, 0.6) is 0 Å². The van der Waals surface area contributed by atoms with Gasteiger partial charge in [0.15, 0.2) is 0 Å². The van der Waals surface area contributed by atoms with Crippen molar-refractivity contribution in [2.45, 2.75) is 10.9 Å². The average molecular weight is 430 g/mol. The maximum absolute atomic E-state index is 13.1. The highest BCUT2D eigenvalue weighted by molar-refractivity contribution is 7.89. The number of nitrogens with zero attached hydrogens (tertiary/aromatic N) is 2. The summed E-state index contributed by atoms with van der Waals surface area (Å²) in [5, 5.41) is 3.12. The maximum Gasteiger partial charge on any atom is 0.253 e. The fraction of sp³-hybridized carbons (Fsp3) is 0.143. The van der Waals surface area contributed by atoms with Crippen LogP contribution in [0.4, 0.5) is 0 Å². The minimum atomic E-state index is -3.70. The van der Waals surface area contributed by atoms with Gasteiger partial charge >= 0.3 is 0 Å². The summed E-state index contributed by atoms with van der Waals surface area (Å²) in [5.41, 5.74) is 1.80. The highest BCUT2D eigenvalue weighted by atomic mass is 35.5.